The van der Waals surface area contributed by atoms with Gasteiger partial charge in [-0.25, -0.2) is 13.1 Å². The maximum atomic E-state index is 13.4. The minimum absolute atomic E-state index is 0.0487. The number of amides is 1. The Hall–Kier alpha value is -4.20. The molecule has 1 unspecified atom stereocenters. The van der Waals surface area contributed by atoms with E-state index in [4.69, 9.17) is 4.74 Å². The number of carbonyl (C=O) groups is 1. The molecule has 1 amide bonds. The van der Waals surface area contributed by atoms with Gasteiger partial charge in [-0.1, -0.05) is 30.3 Å². The molecule has 4 aromatic rings. The number of benzene rings is 3. The number of methoxy groups -OCH3 is 1. The molecule has 1 aromatic heterocycles. The van der Waals surface area contributed by atoms with Crippen molar-refractivity contribution in [1.82, 2.24) is 14.5 Å². The number of sulfonamides is 1. The van der Waals surface area contributed by atoms with E-state index in [1.54, 1.807) is 24.3 Å². The summed E-state index contributed by atoms with van der Waals surface area (Å²) in [6.45, 7) is 0. The molecule has 2 heterocycles. The predicted molar refractivity (Wildman–Crippen MR) is 130 cm³/mol. The highest BCUT2D eigenvalue weighted by Crippen LogP contribution is 2.37. The lowest BCUT2D eigenvalue weighted by Crippen LogP contribution is -2.19. The predicted octanol–water partition coefficient (Wildman–Crippen LogP) is 4.10. The van der Waals surface area contributed by atoms with Gasteiger partial charge in [-0.2, -0.15) is 23.0 Å². The Bertz CT molecular complexity index is 1630. The Balaban J connectivity index is 1.45. The fraction of sp³-hybridized carbons (Fsp3) is 0.120. The van der Waals surface area contributed by atoms with E-state index in [9.17, 15) is 31.5 Å². The molecule has 0 spiro atoms. The summed E-state index contributed by atoms with van der Waals surface area (Å²) in [5.41, 5.74) is -0.0617. The van der Waals surface area contributed by atoms with Gasteiger partial charge in [0.1, 0.15) is 17.7 Å². The second-order valence-electron chi connectivity index (χ2n) is 8.30. The first-order valence-corrected chi connectivity index (χ1v) is 12.5. The maximum Gasteiger partial charge on any atom is 0.435 e. The highest BCUT2D eigenvalue weighted by atomic mass is 32.2. The molecule has 0 saturated carbocycles. The number of hydrogen-bond acceptors (Lipinski definition) is 6. The molecule has 9 nitrogen and oxygen atoms in total. The number of fused-ring (bicyclic) bond motifs is 1. The zero-order valence-electron chi connectivity index (χ0n) is 19.5. The molecule has 5 rings (SSSR count). The minimum Gasteiger partial charge on any atom is -0.497 e. The number of alkyl halides is 3. The maximum absolute atomic E-state index is 13.4. The summed E-state index contributed by atoms with van der Waals surface area (Å²) < 4.78 is 73.2. The zero-order chi connectivity index (χ0) is 27.2. The van der Waals surface area contributed by atoms with Gasteiger partial charge < -0.3 is 15.2 Å². The number of hydrogen-bond donors (Lipinski definition) is 3. The van der Waals surface area contributed by atoms with Gasteiger partial charge in [-0.05, 0) is 42.0 Å². The molecule has 0 fully saturated rings. The number of nitrogens with zero attached hydrogens (tertiary/aromatic N) is 2. The van der Waals surface area contributed by atoms with E-state index in [-0.39, 0.29) is 27.5 Å². The summed E-state index contributed by atoms with van der Waals surface area (Å²) in [6, 6.07) is 17.4. The second-order valence-corrected chi connectivity index (χ2v) is 9.95. The Morgan fingerprint density at radius 3 is 2.39 bits per heavy atom. The first-order chi connectivity index (χ1) is 18.0. The molecule has 1 aliphatic heterocycles. The highest BCUT2D eigenvalue weighted by molar-refractivity contribution is 7.90. The molecule has 0 radical (unpaired) electrons. The van der Waals surface area contributed by atoms with Gasteiger partial charge in [0.15, 0.2) is 5.69 Å². The molecular formula is C25H19F3N4O5S. The van der Waals surface area contributed by atoms with Gasteiger partial charge in [0.25, 0.3) is 5.91 Å². The summed E-state index contributed by atoms with van der Waals surface area (Å²) >= 11 is 0. The Labute approximate surface area is 214 Å². The monoisotopic (exact) mass is 544 g/mol. The normalized spacial score (nSPS) is 16.2. The topological polar surface area (TPSA) is 123 Å². The first-order valence-electron chi connectivity index (χ1n) is 11.0. The quantitative estimate of drug-likeness (QED) is 0.348. The Morgan fingerprint density at radius 1 is 1.08 bits per heavy atom. The van der Waals surface area contributed by atoms with Gasteiger partial charge in [0, 0.05) is 22.9 Å². The number of ether oxygens (including phenoxy) is 1. The lowest BCUT2D eigenvalue weighted by atomic mass is 10.0. The van der Waals surface area contributed by atoms with Crippen molar-refractivity contribution in [1.29, 1.82) is 0 Å². The van der Waals surface area contributed by atoms with Gasteiger partial charge in [0.2, 0.25) is 10.0 Å². The number of anilines is 1. The molecule has 0 bridgehead atoms. The molecule has 1 aliphatic rings. The van der Waals surface area contributed by atoms with Crippen molar-refractivity contribution in [2.75, 3.05) is 12.4 Å². The third-order valence-corrected chi connectivity index (χ3v) is 7.41. The fourth-order valence-corrected chi connectivity index (χ4v) is 5.60. The molecule has 196 valence electrons. The van der Waals surface area contributed by atoms with Crippen LogP contribution in [0.15, 0.2) is 77.7 Å². The molecular weight excluding hydrogens is 525 g/mol. The van der Waals surface area contributed by atoms with Crippen molar-refractivity contribution in [3.8, 4) is 22.6 Å². The van der Waals surface area contributed by atoms with Crippen LogP contribution in [-0.4, -0.2) is 36.3 Å². The summed E-state index contributed by atoms with van der Waals surface area (Å²) in [6.07, 6.45) is -6.13. The van der Waals surface area contributed by atoms with Crippen LogP contribution in [0.2, 0.25) is 0 Å². The minimum atomic E-state index is -4.77. The highest BCUT2D eigenvalue weighted by Gasteiger charge is 2.37. The number of aromatic nitrogens is 2. The number of halogens is 3. The van der Waals surface area contributed by atoms with Crippen molar-refractivity contribution >= 4 is 21.6 Å². The van der Waals surface area contributed by atoms with Gasteiger partial charge in [-0.3, -0.25) is 4.79 Å². The van der Waals surface area contributed by atoms with Crippen molar-refractivity contribution in [3.63, 3.8) is 0 Å². The second kappa shape index (κ2) is 9.28. The summed E-state index contributed by atoms with van der Waals surface area (Å²) in [5.74, 6) is -0.364. The van der Waals surface area contributed by atoms with Gasteiger partial charge in [0.05, 0.1) is 17.7 Å². The van der Waals surface area contributed by atoms with Crippen LogP contribution in [0, 0.1) is 0 Å². The van der Waals surface area contributed by atoms with E-state index in [1.165, 1.54) is 49.6 Å². The van der Waals surface area contributed by atoms with Crippen molar-refractivity contribution in [2.45, 2.75) is 17.3 Å². The molecule has 13 heteroatoms. The van der Waals surface area contributed by atoms with Crippen LogP contribution in [0.1, 0.15) is 28.0 Å². The third-order valence-electron chi connectivity index (χ3n) is 5.88. The van der Waals surface area contributed by atoms with Crippen LogP contribution in [0.5, 0.6) is 5.75 Å². The number of aliphatic hydroxyl groups is 1. The van der Waals surface area contributed by atoms with Crippen LogP contribution in [-0.2, 0) is 16.2 Å². The number of carbonyl (C=O) groups excluding carboxylic acids is 1. The summed E-state index contributed by atoms with van der Waals surface area (Å²) in [5, 5.41) is 16.1. The average Bonchev–Trinajstić information content (AvgIpc) is 3.44. The number of rotatable bonds is 5. The van der Waals surface area contributed by atoms with E-state index in [0.29, 0.717) is 22.9 Å². The van der Waals surface area contributed by atoms with Crippen LogP contribution < -0.4 is 14.8 Å². The van der Waals surface area contributed by atoms with Crippen LogP contribution >= 0.6 is 0 Å². The average molecular weight is 545 g/mol. The molecule has 38 heavy (non-hydrogen) atoms. The largest absolute Gasteiger partial charge is 0.497 e. The number of aliphatic hydroxyl groups excluding tert-OH is 1. The molecule has 1 atom stereocenters. The van der Waals surface area contributed by atoms with Crippen molar-refractivity contribution in [2.24, 2.45) is 0 Å². The van der Waals surface area contributed by atoms with Gasteiger partial charge in [-0.15, -0.1) is 0 Å². The van der Waals surface area contributed by atoms with Crippen molar-refractivity contribution in [3.05, 3.63) is 89.7 Å². The molecule has 3 N–H and O–H groups in total. The van der Waals surface area contributed by atoms with Crippen LogP contribution in [0.25, 0.3) is 16.8 Å². The molecule has 3 aromatic carbocycles. The first kappa shape index (κ1) is 25.4. The van der Waals surface area contributed by atoms with Crippen LogP contribution in [0.3, 0.4) is 0 Å². The van der Waals surface area contributed by atoms with E-state index in [2.05, 4.69) is 15.1 Å². The SMILES string of the molecule is COc1ccc(-n2nc(C(F)(F)F)cc2C(=O)Nc2ccc(-c3cccc4c3S(=O)(=O)NC4O)cc2)cc1. The number of nitrogens with one attached hydrogen (secondary N) is 2. The van der Waals surface area contributed by atoms with Crippen molar-refractivity contribution < 1.29 is 36.2 Å². The molecule has 0 aliphatic carbocycles. The third kappa shape index (κ3) is 4.62. The standard InChI is InChI=1S/C25H19F3N4O5S/c1-37-17-11-9-16(10-12-17)32-20(13-21(30-32)25(26,27)28)24(34)29-15-7-5-14(6-8-15)18-3-2-4-19-22(18)38(35,36)31-23(19)33/h2-13,23,31,33H,1H3,(H,29,34). The summed E-state index contributed by atoms with van der Waals surface area (Å²) in [7, 11) is -2.48. The van der Waals surface area contributed by atoms with E-state index < -0.39 is 34.0 Å². The Kier molecular flexibility index (Phi) is 6.21. The van der Waals surface area contributed by atoms with E-state index >= 15 is 0 Å². The Morgan fingerprint density at radius 2 is 1.76 bits per heavy atom. The summed E-state index contributed by atoms with van der Waals surface area (Å²) in [4.78, 5) is 13.0. The zero-order valence-corrected chi connectivity index (χ0v) is 20.3. The lowest BCUT2D eigenvalue weighted by Gasteiger charge is -2.11. The van der Waals surface area contributed by atoms with E-state index in [0.717, 1.165) is 4.68 Å². The van der Waals surface area contributed by atoms with Gasteiger partial charge >= 0.3 is 6.18 Å². The smallest absolute Gasteiger partial charge is 0.435 e. The molecule has 0 saturated heterocycles. The van der Waals surface area contributed by atoms with Crippen LogP contribution in [0.4, 0.5) is 18.9 Å². The van der Waals surface area contributed by atoms with E-state index in [1.807, 2.05) is 0 Å². The fourth-order valence-electron chi connectivity index (χ4n) is 4.10. The lowest BCUT2D eigenvalue weighted by molar-refractivity contribution is -0.141.